The minimum atomic E-state index is 0.927. The fraction of sp³-hybridized carbons (Fsp3) is 0. The molecule has 1 nitrogen and oxygen atoms in total. The van der Waals surface area contributed by atoms with Gasteiger partial charge in [-0.05, 0) is 196 Å². The predicted octanol–water partition coefficient (Wildman–Crippen LogP) is 32.1. The first-order chi connectivity index (χ1) is 55.1. The van der Waals surface area contributed by atoms with Crippen molar-refractivity contribution in [2.45, 2.75) is 0 Å². The van der Waals surface area contributed by atoms with E-state index < -0.39 is 0 Å². The molecule has 0 bridgehead atoms. The fourth-order valence-electron chi connectivity index (χ4n) is 18.0. The Balaban J connectivity index is 0.000000102. The van der Waals surface area contributed by atoms with Crippen molar-refractivity contribution in [1.29, 1.82) is 0 Å². The lowest BCUT2D eigenvalue weighted by Gasteiger charge is -2.18. The van der Waals surface area contributed by atoms with Gasteiger partial charge in [0, 0.05) is 67.8 Å². The molecule has 0 atom stereocenters. The lowest BCUT2D eigenvalue weighted by atomic mass is 9.85. The molecular formula is C108H66OS2. The summed E-state index contributed by atoms with van der Waals surface area (Å²) in [7, 11) is 0. The van der Waals surface area contributed by atoms with Gasteiger partial charge < -0.3 is 4.42 Å². The van der Waals surface area contributed by atoms with Crippen LogP contribution >= 0.6 is 22.7 Å². The van der Waals surface area contributed by atoms with Crippen molar-refractivity contribution in [2.75, 3.05) is 0 Å². The number of furan rings is 1. The quantitative estimate of drug-likeness (QED) is 0.151. The predicted molar refractivity (Wildman–Crippen MR) is 483 cm³/mol. The van der Waals surface area contributed by atoms with Crippen molar-refractivity contribution in [3.05, 3.63) is 400 Å². The number of hydrogen-bond donors (Lipinski definition) is 0. The Morgan fingerprint density at radius 1 is 0.162 bits per heavy atom. The summed E-state index contributed by atoms with van der Waals surface area (Å²) in [6.07, 6.45) is 0. The number of para-hydroxylation sites is 1. The van der Waals surface area contributed by atoms with Gasteiger partial charge in [-0.15, -0.1) is 22.7 Å². The van der Waals surface area contributed by atoms with Crippen molar-refractivity contribution >= 4 is 182 Å². The Morgan fingerprint density at radius 2 is 0.459 bits per heavy atom. The summed E-state index contributed by atoms with van der Waals surface area (Å²) >= 11 is 3.80. The van der Waals surface area contributed by atoms with Gasteiger partial charge in [-0.25, -0.2) is 0 Å². The largest absolute Gasteiger partial charge is 0.455 e. The third-order valence-corrected chi connectivity index (χ3v) is 25.2. The van der Waals surface area contributed by atoms with Crippen LogP contribution in [-0.2, 0) is 0 Å². The van der Waals surface area contributed by atoms with E-state index in [-0.39, 0.29) is 0 Å². The van der Waals surface area contributed by atoms with E-state index in [4.69, 9.17) is 4.42 Å². The first kappa shape index (κ1) is 64.4. The molecule has 0 radical (unpaired) electrons. The van der Waals surface area contributed by atoms with E-state index in [9.17, 15) is 0 Å². The zero-order valence-electron chi connectivity index (χ0n) is 60.3. The lowest BCUT2D eigenvalue weighted by molar-refractivity contribution is 0.670. The number of hydrogen-bond acceptors (Lipinski definition) is 3. The Bertz CT molecular complexity index is 7370. The molecule has 0 aliphatic heterocycles. The third-order valence-electron chi connectivity index (χ3n) is 22.9. The van der Waals surface area contributed by atoms with E-state index in [0.29, 0.717) is 0 Å². The highest BCUT2D eigenvalue weighted by Gasteiger charge is 2.24. The van der Waals surface area contributed by atoms with Crippen molar-refractivity contribution in [3.63, 3.8) is 0 Å². The summed E-state index contributed by atoms with van der Waals surface area (Å²) in [5.41, 5.74) is 17.1. The minimum Gasteiger partial charge on any atom is -0.455 e. The van der Waals surface area contributed by atoms with Crippen LogP contribution in [0.1, 0.15) is 0 Å². The van der Waals surface area contributed by atoms with Crippen LogP contribution in [0.4, 0.5) is 0 Å². The third kappa shape index (κ3) is 10.7. The molecule has 0 aliphatic carbocycles. The fourth-order valence-corrected chi connectivity index (χ4v) is 20.4. The maximum absolute atomic E-state index is 6.66. The van der Waals surface area contributed by atoms with Gasteiger partial charge in [0.1, 0.15) is 11.2 Å². The first-order valence-corrected chi connectivity index (χ1v) is 39.7. The molecule has 24 rings (SSSR count). The summed E-state index contributed by atoms with van der Waals surface area (Å²) in [6.45, 7) is 0. The molecule has 111 heavy (non-hydrogen) atoms. The van der Waals surface area contributed by atoms with Crippen LogP contribution in [0.15, 0.2) is 405 Å². The molecule has 0 saturated heterocycles. The van der Waals surface area contributed by atoms with Gasteiger partial charge in [0.25, 0.3) is 0 Å². The van der Waals surface area contributed by atoms with E-state index in [1.54, 1.807) is 0 Å². The van der Waals surface area contributed by atoms with E-state index in [1.165, 1.54) is 198 Å². The zero-order chi connectivity index (χ0) is 73.0. The van der Waals surface area contributed by atoms with Crippen LogP contribution in [0.25, 0.3) is 226 Å². The number of fused-ring (bicyclic) bond motifs is 18. The maximum atomic E-state index is 6.66. The summed E-state index contributed by atoms with van der Waals surface area (Å²) < 4.78 is 12.0. The second-order valence-corrected chi connectivity index (χ2v) is 31.2. The molecule has 3 aromatic heterocycles. The second kappa shape index (κ2) is 26.6. The normalized spacial score (nSPS) is 11.8. The van der Waals surface area contributed by atoms with Crippen molar-refractivity contribution in [1.82, 2.24) is 0 Å². The Hall–Kier alpha value is -13.8. The molecule has 0 N–H and O–H groups in total. The van der Waals surface area contributed by atoms with Crippen LogP contribution in [0.2, 0.25) is 0 Å². The topological polar surface area (TPSA) is 13.1 Å². The van der Waals surface area contributed by atoms with Gasteiger partial charge in [-0.2, -0.15) is 0 Å². The van der Waals surface area contributed by atoms with Crippen molar-refractivity contribution < 1.29 is 4.42 Å². The van der Waals surface area contributed by atoms with Crippen molar-refractivity contribution in [3.8, 4) is 66.8 Å². The highest BCUT2D eigenvalue weighted by atomic mass is 32.1. The Kier molecular flexibility index (Phi) is 15.4. The summed E-state index contributed by atoms with van der Waals surface area (Å²) in [6, 6.07) is 146. The summed E-state index contributed by atoms with van der Waals surface area (Å²) in [5, 5.41) is 30.6. The van der Waals surface area contributed by atoms with Gasteiger partial charge in [-0.3, -0.25) is 0 Å². The van der Waals surface area contributed by atoms with E-state index in [2.05, 4.69) is 400 Å². The second-order valence-electron chi connectivity index (χ2n) is 29.1. The Labute approximate surface area is 648 Å². The molecule has 0 amide bonds. The van der Waals surface area contributed by atoms with Crippen LogP contribution in [-0.4, -0.2) is 0 Å². The highest BCUT2D eigenvalue weighted by Crippen LogP contribution is 2.52. The number of rotatable bonds is 6. The van der Waals surface area contributed by atoms with E-state index in [1.807, 2.05) is 22.7 Å². The molecule has 0 saturated carbocycles. The lowest BCUT2D eigenvalue weighted by Crippen LogP contribution is -1.90. The van der Waals surface area contributed by atoms with Crippen LogP contribution in [0.3, 0.4) is 0 Å². The van der Waals surface area contributed by atoms with E-state index in [0.717, 1.165) is 27.5 Å². The van der Waals surface area contributed by atoms with Gasteiger partial charge in [0.2, 0.25) is 0 Å². The minimum absolute atomic E-state index is 0.927. The molecule has 21 aromatic carbocycles. The molecule has 3 heteroatoms. The van der Waals surface area contributed by atoms with Gasteiger partial charge in [0.05, 0.1) is 0 Å². The summed E-state index contributed by atoms with van der Waals surface area (Å²) in [5.74, 6) is 0. The maximum Gasteiger partial charge on any atom is 0.143 e. The van der Waals surface area contributed by atoms with Crippen LogP contribution in [0.5, 0.6) is 0 Å². The van der Waals surface area contributed by atoms with Crippen LogP contribution in [0, 0.1) is 0 Å². The molecule has 516 valence electrons. The Morgan fingerprint density at radius 3 is 0.883 bits per heavy atom. The smallest absolute Gasteiger partial charge is 0.143 e. The average Bonchev–Trinajstić information content (AvgIpc) is 1.67. The number of benzene rings is 21. The molecule has 0 fully saturated rings. The van der Waals surface area contributed by atoms with Crippen molar-refractivity contribution in [2.24, 2.45) is 0 Å². The average molecular weight is 1440 g/mol. The van der Waals surface area contributed by atoms with E-state index >= 15 is 0 Å². The van der Waals surface area contributed by atoms with Gasteiger partial charge in [-0.1, -0.05) is 352 Å². The molecular weight excluding hydrogens is 1380 g/mol. The van der Waals surface area contributed by atoms with Crippen LogP contribution < -0.4 is 0 Å². The molecule has 0 spiro atoms. The van der Waals surface area contributed by atoms with Gasteiger partial charge in [0.15, 0.2) is 0 Å². The molecule has 0 unspecified atom stereocenters. The van der Waals surface area contributed by atoms with Gasteiger partial charge >= 0.3 is 0 Å². The highest BCUT2D eigenvalue weighted by molar-refractivity contribution is 7.26. The zero-order valence-corrected chi connectivity index (χ0v) is 62.0. The standard InChI is InChI=1S/C36H22O.2C36H22S/c2*1-2-11-23(12-3-1)34-26-15-6-8-17-28(26)35(29-18-9-7-16-27(29)34)31-20-10-19-30-32-21-24-13-4-5-14-25(24)22-33(32)37-36(30)31;1-2-10-23(11-3-1)35-27-14-6-8-16-29(27)36(30-17-9-7-15-28(30)35)26-18-19-33-31(21-26)32-20-24-12-4-5-13-25(24)22-34(32)37-33/h3*1-22H. The first-order valence-electron chi connectivity index (χ1n) is 38.1. The SMILES string of the molecule is c1ccc(-c2c3ccccc3c(-c3ccc4sc5cc6ccccc6cc5c4c3)c3ccccc23)cc1.c1ccc(-c2c3ccccc3c(-c3cccc4c3oc3cc5ccccc5cc34)c3ccccc23)cc1.c1ccc(-c2c3ccccc3c(-c3cccc4c3sc3cc5ccccc5cc34)c3ccccc23)cc1. The number of thiophene rings is 2. The molecule has 0 aliphatic rings. The summed E-state index contributed by atoms with van der Waals surface area (Å²) in [4.78, 5) is 0. The monoisotopic (exact) mass is 1440 g/mol. The molecule has 3 heterocycles. The molecule has 24 aromatic rings.